The van der Waals surface area contributed by atoms with E-state index in [1.165, 1.54) is 0 Å². The molecule has 3 nitrogen and oxygen atoms in total. The summed E-state index contributed by atoms with van der Waals surface area (Å²) in [7, 11) is 0. The molecule has 0 radical (unpaired) electrons. The zero-order valence-electron chi connectivity index (χ0n) is 10.1. The zero-order chi connectivity index (χ0) is 13.2. The largest absolute Gasteiger partial charge is 0.490 e. The van der Waals surface area contributed by atoms with Crippen LogP contribution < -0.4 is 10.1 Å². The average Bonchev–Trinajstić information content (AvgIpc) is 2.60. The van der Waals surface area contributed by atoms with Gasteiger partial charge in [0.2, 0.25) is 0 Å². The summed E-state index contributed by atoms with van der Waals surface area (Å²) < 4.78 is 6.74. The number of hydrogen-bond acceptors (Lipinski definition) is 2. The van der Waals surface area contributed by atoms with Gasteiger partial charge < -0.3 is 10.1 Å². The Kier molecular flexibility index (Phi) is 3.25. The normalized spacial score (nSPS) is 17.9. The van der Waals surface area contributed by atoms with Crippen LogP contribution in [-0.2, 0) is 0 Å². The van der Waals surface area contributed by atoms with Crippen LogP contribution >= 0.6 is 15.9 Å². The van der Waals surface area contributed by atoms with Crippen molar-refractivity contribution in [2.75, 3.05) is 6.61 Å². The van der Waals surface area contributed by atoms with Crippen LogP contribution in [0, 0.1) is 0 Å². The van der Waals surface area contributed by atoms with Crippen LogP contribution in [0.5, 0.6) is 5.75 Å². The molecule has 0 saturated carbocycles. The molecular formula is C15H12BrNO2. The maximum absolute atomic E-state index is 12.2. The molecule has 1 amide bonds. The van der Waals surface area contributed by atoms with E-state index in [0.717, 1.165) is 10.0 Å². The van der Waals surface area contributed by atoms with Crippen LogP contribution in [0.1, 0.15) is 22.0 Å². The molecule has 2 aromatic carbocycles. The molecule has 0 aliphatic carbocycles. The number of amides is 1. The van der Waals surface area contributed by atoms with Crippen molar-refractivity contribution in [3.63, 3.8) is 0 Å². The number of fused-ring (bicyclic) bond motifs is 1. The number of ether oxygens (including phenoxy) is 1. The molecule has 1 aliphatic heterocycles. The van der Waals surface area contributed by atoms with Crippen molar-refractivity contribution in [1.29, 1.82) is 0 Å². The third-order valence-electron chi connectivity index (χ3n) is 3.11. The first-order valence-corrected chi connectivity index (χ1v) is 6.81. The lowest BCUT2D eigenvalue weighted by atomic mass is 10.1. The van der Waals surface area contributed by atoms with Gasteiger partial charge in [-0.2, -0.15) is 0 Å². The number of carbonyl (C=O) groups is 1. The molecule has 1 atom stereocenters. The van der Waals surface area contributed by atoms with Crippen molar-refractivity contribution in [3.05, 3.63) is 64.1 Å². The summed E-state index contributed by atoms with van der Waals surface area (Å²) in [4.78, 5) is 12.2. The molecule has 0 spiro atoms. The first-order chi connectivity index (χ1) is 9.24. The van der Waals surface area contributed by atoms with Crippen LogP contribution in [-0.4, -0.2) is 12.5 Å². The molecule has 2 aromatic rings. The number of rotatable bonds is 1. The highest BCUT2D eigenvalue weighted by atomic mass is 79.9. The minimum atomic E-state index is -0.131. The summed E-state index contributed by atoms with van der Waals surface area (Å²) in [6.07, 6.45) is 0. The van der Waals surface area contributed by atoms with E-state index in [-0.39, 0.29) is 11.9 Å². The Morgan fingerprint density at radius 3 is 2.63 bits per heavy atom. The van der Waals surface area contributed by atoms with Gasteiger partial charge in [0.25, 0.3) is 5.91 Å². The van der Waals surface area contributed by atoms with Crippen LogP contribution in [0.2, 0.25) is 0 Å². The van der Waals surface area contributed by atoms with E-state index in [1.54, 1.807) is 6.07 Å². The number of nitrogens with one attached hydrogen (secondary N) is 1. The minimum Gasteiger partial charge on any atom is -0.490 e. The van der Waals surface area contributed by atoms with Crippen LogP contribution in [0.3, 0.4) is 0 Å². The molecule has 0 bridgehead atoms. The first kappa shape index (κ1) is 12.2. The summed E-state index contributed by atoms with van der Waals surface area (Å²) >= 11 is 3.40. The summed E-state index contributed by atoms with van der Waals surface area (Å²) in [5.74, 6) is 0.542. The summed E-state index contributed by atoms with van der Waals surface area (Å²) in [5.41, 5.74) is 1.62. The Morgan fingerprint density at radius 1 is 1.11 bits per heavy atom. The fraction of sp³-hybridized carbons (Fsp3) is 0.133. The summed E-state index contributed by atoms with van der Waals surface area (Å²) in [5, 5.41) is 2.99. The molecule has 3 rings (SSSR count). The van der Waals surface area contributed by atoms with Crippen LogP contribution in [0.25, 0.3) is 0 Å². The lowest BCUT2D eigenvalue weighted by molar-refractivity contribution is 0.0938. The van der Waals surface area contributed by atoms with Crippen molar-refractivity contribution >= 4 is 21.8 Å². The SMILES string of the molecule is O=C1NC(c2ccc(Br)cc2)COc2ccccc21. The van der Waals surface area contributed by atoms with Crippen LogP contribution in [0.15, 0.2) is 53.0 Å². The van der Waals surface area contributed by atoms with Gasteiger partial charge in [-0.15, -0.1) is 0 Å². The Hall–Kier alpha value is -1.81. The zero-order valence-corrected chi connectivity index (χ0v) is 11.7. The van der Waals surface area contributed by atoms with Crippen molar-refractivity contribution in [2.45, 2.75) is 6.04 Å². The highest BCUT2D eigenvalue weighted by Crippen LogP contribution is 2.25. The molecule has 19 heavy (non-hydrogen) atoms. The molecule has 0 aromatic heterocycles. The van der Waals surface area contributed by atoms with Gasteiger partial charge in [-0.25, -0.2) is 0 Å². The fourth-order valence-corrected chi connectivity index (χ4v) is 2.37. The van der Waals surface area contributed by atoms with Crippen molar-refractivity contribution in [1.82, 2.24) is 5.32 Å². The monoisotopic (exact) mass is 317 g/mol. The molecule has 96 valence electrons. The summed E-state index contributed by atoms with van der Waals surface area (Å²) in [6, 6.07) is 15.0. The van der Waals surface area contributed by atoms with E-state index in [0.29, 0.717) is 17.9 Å². The molecule has 0 fully saturated rings. The van der Waals surface area contributed by atoms with Crippen molar-refractivity contribution in [2.24, 2.45) is 0 Å². The number of carbonyl (C=O) groups excluding carboxylic acids is 1. The van der Waals surface area contributed by atoms with Gasteiger partial charge in [0.05, 0.1) is 11.6 Å². The van der Waals surface area contributed by atoms with E-state index in [1.807, 2.05) is 42.5 Å². The van der Waals surface area contributed by atoms with E-state index in [2.05, 4.69) is 21.2 Å². The molecule has 1 aliphatic rings. The van der Waals surface area contributed by atoms with Gasteiger partial charge >= 0.3 is 0 Å². The quantitative estimate of drug-likeness (QED) is 0.876. The predicted octanol–water partition coefficient (Wildman–Crippen LogP) is 3.31. The Balaban J connectivity index is 1.89. The number of hydrogen-bond donors (Lipinski definition) is 1. The lowest BCUT2D eigenvalue weighted by Gasteiger charge is -2.15. The minimum absolute atomic E-state index is 0.0963. The van der Waals surface area contributed by atoms with Crippen molar-refractivity contribution < 1.29 is 9.53 Å². The Labute approximate surface area is 119 Å². The standard InChI is InChI=1S/C15H12BrNO2/c16-11-7-5-10(6-8-11)13-9-19-14-4-2-1-3-12(14)15(18)17-13/h1-8,13H,9H2,(H,17,18). The Morgan fingerprint density at radius 2 is 1.84 bits per heavy atom. The maximum atomic E-state index is 12.2. The van der Waals surface area contributed by atoms with Gasteiger partial charge in [0, 0.05) is 4.47 Å². The third kappa shape index (κ3) is 2.49. The topological polar surface area (TPSA) is 38.3 Å². The predicted molar refractivity (Wildman–Crippen MR) is 76.3 cm³/mol. The van der Waals surface area contributed by atoms with Crippen molar-refractivity contribution in [3.8, 4) is 5.75 Å². The molecule has 1 heterocycles. The van der Waals surface area contributed by atoms with E-state index in [4.69, 9.17) is 4.74 Å². The highest BCUT2D eigenvalue weighted by Gasteiger charge is 2.23. The van der Waals surface area contributed by atoms with Gasteiger partial charge in [0.15, 0.2) is 0 Å². The molecule has 0 saturated heterocycles. The fourth-order valence-electron chi connectivity index (χ4n) is 2.11. The van der Waals surface area contributed by atoms with Crippen LogP contribution in [0.4, 0.5) is 0 Å². The molecule has 4 heteroatoms. The maximum Gasteiger partial charge on any atom is 0.255 e. The third-order valence-corrected chi connectivity index (χ3v) is 3.64. The second kappa shape index (κ2) is 5.05. The molecule has 1 N–H and O–H groups in total. The number of benzene rings is 2. The first-order valence-electron chi connectivity index (χ1n) is 6.02. The molecule has 1 unspecified atom stereocenters. The number of halogens is 1. The smallest absolute Gasteiger partial charge is 0.255 e. The average molecular weight is 318 g/mol. The van der Waals surface area contributed by atoms with E-state index >= 15 is 0 Å². The van der Waals surface area contributed by atoms with E-state index in [9.17, 15) is 4.79 Å². The number of para-hydroxylation sites is 1. The van der Waals surface area contributed by atoms with Gasteiger partial charge in [-0.3, -0.25) is 4.79 Å². The van der Waals surface area contributed by atoms with Gasteiger partial charge in [0.1, 0.15) is 12.4 Å². The highest BCUT2D eigenvalue weighted by molar-refractivity contribution is 9.10. The van der Waals surface area contributed by atoms with Gasteiger partial charge in [-0.05, 0) is 29.8 Å². The second-order valence-electron chi connectivity index (χ2n) is 4.38. The second-order valence-corrected chi connectivity index (χ2v) is 5.30. The Bertz CT molecular complexity index is 610. The molecular weight excluding hydrogens is 306 g/mol. The van der Waals surface area contributed by atoms with E-state index < -0.39 is 0 Å². The lowest BCUT2D eigenvalue weighted by Crippen LogP contribution is -2.29. The summed E-state index contributed by atoms with van der Waals surface area (Å²) in [6.45, 7) is 0.435. The van der Waals surface area contributed by atoms with Gasteiger partial charge in [-0.1, -0.05) is 40.2 Å².